The molecule has 1 heterocycles. The summed E-state index contributed by atoms with van der Waals surface area (Å²) in [5.41, 5.74) is 2.14. The number of nitrogens with zero attached hydrogens (tertiary/aromatic N) is 2. The molecule has 1 aliphatic rings. The Morgan fingerprint density at radius 3 is 2.72 bits per heavy atom. The van der Waals surface area contributed by atoms with Crippen LogP contribution in [-0.4, -0.2) is 23.0 Å². The molecule has 0 radical (unpaired) electrons. The third-order valence-electron chi connectivity index (χ3n) is 4.43. The van der Waals surface area contributed by atoms with Gasteiger partial charge in [-0.15, -0.1) is 0 Å². The van der Waals surface area contributed by atoms with E-state index in [1.165, 1.54) is 0 Å². The van der Waals surface area contributed by atoms with Crippen LogP contribution in [0.5, 0.6) is 5.88 Å². The Hall–Kier alpha value is -2.87. The van der Waals surface area contributed by atoms with Crippen molar-refractivity contribution in [3.63, 3.8) is 0 Å². The molecule has 0 aliphatic heterocycles. The smallest absolute Gasteiger partial charge is 0.251 e. The largest absolute Gasteiger partial charge is 0.474 e. The normalized spacial score (nSPS) is 19.7. The molecule has 25 heavy (non-hydrogen) atoms. The number of hydrogen-bond acceptors (Lipinski definition) is 4. The first kappa shape index (κ1) is 17.0. The van der Waals surface area contributed by atoms with E-state index in [0.29, 0.717) is 17.0 Å². The molecule has 1 aromatic heterocycles. The molecule has 3 rings (SSSR count). The quantitative estimate of drug-likeness (QED) is 0.929. The highest BCUT2D eigenvalue weighted by Crippen LogP contribution is 2.23. The summed E-state index contributed by atoms with van der Waals surface area (Å²) >= 11 is 0. The van der Waals surface area contributed by atoms with Gasteiger partial charge in [0.1, 0.15) is 6.10 Å². The molecule has 1 fully saturated rings. The first-order chi connectivity index (χ1) is 12.1. The minimum absolute atomic E-state index is 0.123. The van der Waals surface area contributed by atoms with Gasteiger partial charge in [-0.1, -0.05) is 12.1 Å². The zero-order chi connectivity index (χ0) is 17.6. The van der Waals surface area contributed by atoms with Crippen LogP contribution >= 0.6 is 0 Å². The van der Waals surface area contributed by atoms with Crippen LogP contribution in [0.3, 0.4) is 0 Å². The Bertz CT molecular complexity index is 772. The Labute approximate surface area is 147 Å². The second-order valence-corrected chi connectivity index (χ2v) is 6.43. The van der Waals surface area contributed by atoms with Crippen LogP contribution in [0.4, 0.5) is 0 Å². The maximum atomic E-state index is 12.3. The summed E-state index contributed by atoms with van der Waals surface area (Å²) in [6, 6.07) is 12.9. The summed E-state index contributed by atoms with van der Waals surface area (Å²) in [6.45, 7) is 2.00. The van der Waals surface area contributed by atoms with Gasteiger partial charge in [-0.3, -0.25) is 4.79 Å². The van der Waals surface area contributed by atoms with Crippen molar-refractivity contribution >= 4 is 5.91 Å². The number of aryl methyl sites for hydroxylation is 1. The Kier molecular flexibility index (Phi) is 5.30. The standard InChI is InChI=1S/C20H21N3O2/c1-14-5-10-19(22-13-14)25-18-8-6-17(7-9-18)23-20(24)16-4-2-3-15(11-16)12-21/h2-5,10-11,13,17-18H,6-9H2,1H3,(H,23,24). The van der Waals surface area contributed by atoms with Crippen molar-refractivity contribution in [2.45, 2.75) is 44.8 Å². The van der Waals surface area contributed by atoms with Gasteiger partial charge in [-0.05, 0) is 56.4 Å². The highest BCUT2D eigenvalue weighted by atomic mass is 16.5. The topological polar surface area (TPSA) is 75.0 Å². The van der Waals surface area contributed by atoms with Crippen molar-refractivity contribution in [1.82, 2.24) is 10.3 Å². The van der Waals surface area contributed by atoms with E-state index in [9.17, 15) is 4.79 Å². The lowest BCUT2D eigenvalue weighted by Crippen LogP contribution is -2.39. The highest BCUT2D eigenvalue weighted by molar-refractivity contribution is 5.94. The van der Waals surface area contributed by atoms with Crippen LogP contribution in [0.25, 0.3) is 0 Å². The molecule has 0 saturated heterocycles. The van der Waals surface area contributed by atoms with Crippen LogP contribution in [0.2, 0.25) is 0 Å². The minimum atomic E-state index is -0.123. The third kappa shape index (κ3) is 4.57. The Morgan fingerprint density at radius 1 is 1.24 bits per heavy atom. The van der Waals surface area contributed by atoms with Gasteiger partial charge in [-0.25, -0.2) is 4.98 Å². The number of carbonyl (C=O) groups is 1. The van der Waals surface area contributed by atoms with Gasteiger partial charge < -0.3 is 10.1 Å². The van der Waals surface area contributed by atoms with E-state index in [1.54, 1.807) is 30.5 Å². The van der Waals surface area contributed by atoms with Gasteiger partial charge in [-0.2, -0.15) is 5.26 Å². The second-order valence-electron chi connectivity index (χ2n) is 6.43. The Morgan fingerprint density at radius 2 is 2.04 bits per heavy atom. The number of pyridine rings is 1. The SMILES string of the molecule is Cc1ccc(OC2CCC(NC(=O)c3cccc(C#N)c3)CC2)nc1. The molecule has 0 unspecified atom stereocenters. The monoisotopic (exact) mass is 335 g/mol. The van der Waals surface area contributed by atoms with Gasteiger partial charge in [0.2, 0.25) is 5.88 Å². The van der Waals surface area contributed by atoms with Crippen LogP contribution in [0.1, 0.15) is 47.2 Å². The number of carbonyl (C=O) groups excluding carboxylic acids is 1. The number of aromatic nitrogens is 1. The van der Waals surface area contributed by atoms with E-state index in [0.717, 1.165) is 31.2 Å². The first-order valence-electron chi connectivity index (χ1n) is 8.54. The summed E-state index contributed by atoms with van der Waals surface area (Å²) in [5, 5.41) is 12.0. The number of nitrogens with one attached hydrogen (secondary N) is 1. The van der Waals surface area contributed by atoms with E-state index in [-0.39, 0.29) is 18.1 Å². The zero-order valence-electron chi connectivity index (χ0n) is 14.2. The molecule has 1 aliphatic carbocycles. The first-order valence-corrected chi connectivity index (χ1v) is 8.54. The van der Waals surface area contributed by atoms with Crippen molar-refractivity contribution in [2.75, 3.05) is 0 Å². The zero-order valence-corrected chi connectivity index (χ0v) is 14.2. The molecule has 2 aromatic rings. The van der Waals surface area contributed by atoms with E-state index in [4.69, 9.17) is 10.00 Å². The average molecular weight is 335 g/mol. The van der Waals surface area contributed by atoms with Crippen molar-refractivity contribution in [3.8, 4) is 11.9 Å². The fourth-order valence-electron chi connectivity index (χ4n) is 3.02. The second kappa shape index (κ2) is 7.80. The molecule has 1 N–H and O–H groups in total. The van der Waals surface area contributed by atoms with Crippen molar-refractivity contribution < 1.29 is 9.53 Å². The van der Waals surface area contributed by atoms with Crippen molar-refractivity contribution in [1.29, 1.82) is 5.26 Å². The molecule has 128 valence electrons. The number of hydrogen-bond donors (Lipinski definition) is 1. The molecule has 0 spiro atoms. The maximum absolute atomic E-state index is 12.3. The fraction of sp³-hybridized carbons (Fsp3) is 0.350. The molecule has 1 aromatic carbocycles. The van der Waals surface area contributed by atoms with Gasteiger partial charge in [0.15, 0.2) is 0 Å². The van der Waals surface area contributed by atoms with E-state index >= 15 is 0 Å². The minimum Gasteiger partial charge on any atom is -0.474 e. The van der Waals surface area contributed by atoms with Crippen LogP contribution < -0.4 is 10.1 Å². The lowest BCUT2D eigenvalue weighted by Gasteiger charge is -2.29. The summed E-state index contributed by atoms with van der Waals surface area (Å²) in [7, 11) is 0. The van der Waals surface area contributed by atoms with E-state index in [2.05, 4.69) is 16.4 Å². The molecular weight excluding hydrogens is 314 g/mol. The van der Waals surface area contributed by atoms with E-state index in [1.807, 2.05) is 19.1 Å². The maximum Gasteiger partial charge on any atom is 0.251 e. The lowest BCUT2D eigenvalue weighted by molar-refractivity contribution is 0.0890. The highest BCUT2D eigenvalue weighted by Gasteiger charge is 2.24. The molecule has 5 heteroatoms. The van der Waals surface area contributed by atoms with Crippen molar-refractivity contribution in [3.05, 3.63) is 59.3 Å². The van der Waals surface area contributed by atoms with Crippen molar-refractivity contribution in [2.24, 2.45) is 0 Å². The molecule has 0 bridgehead atoms. The predicted octanol–water partition coefficient (Wildman–Crippen LogP) is 3.38. The predicted molar refractivity (Wildman–Crippen MR) is 94.3 cm³/mol. The van der Waals surface area contributed by atoms with Crippen LogP contribution in [-0.2, 0) is 0 Å². The number of benzene rings is 1. The molecule has 1 saturated carbocycles. The van der Waals surface area contributed by atoms with Gasteiger partial charge in [0, 0.05) is 23.9 Å². The molecule has 1 amide bonds. The average Bonchev–Trinajstić information content (AvgIpc) is 2.65. The summed E-state index contributed by atoms with van der Waals surface area (Å²) in [5.74, 6) is 0.535. The number of amides is 1. The lowest BCUT2D eigenvalue weighted by atomic mass is 9.92. The van der Waals surface area contributed by atoms with Gasteiger partial charge in [0.05, 0.1) is 11.6 Å². The number of nitriles is 1. The molecule has 5 nitrogen and oxygen atoms in total. The number of rotatable bonds is 4. The van der Waals surface area contributed by atoms with Gasteiger partial charge in [0.25, 0.3) is 5.91 Å². The third-order valence-corrected chi connectivity index (χ3v) is 4.43. The van der Waals surface area contributed by atoms with E-state index < -0.39 is 0 Å². The summed E-state index contributed by atoms with van der Waals surface area (Å²) < 4.78 is 5.92. The van der Waals surface area contributed by atoms with Crippen LogP contribution in [0, 0.1) is 18.3 Å². The summed E-state index contributed by atoms with van der Waals surface area (Å²) in [4.78, 5) is 16.6. The fourth-order valence-corrected chi connectivity index (χ4v) is 3.02. The molecule has 0 atom stereocenters. The molecular formula is C20H21N3O2. The summed E-state index contributed by atoms with van der Waals surface area (Å²) in [6.07, 6.45) is 5.47. The Balaban J connectivity index is 1.49. The van der Waals surface area contributed by atoms with Crippen LogP contribution in [0.15, 0.2) is 42.6 Å². The van der Waals surface area contributed by atoms with Gasteiger partial charge >= 0.3 is 0 Å². The number of ether oxygens (including phenoxy) is 1.